The van der Waals surface area contributed by atoms with E-state index in [1.165, 1.54) is 0 Å². The van der Waals surface area contributed by atoms with Gasteiger partial charge in [0.15, 0.2) is 0 Å². The molecule has 0 aromatic heterocycles. The smallest absolute Gasteiger partial charge is 0.237 e. The minimum atomic E-state index is -0.129. The Kier molecular flexibility index (Phi) is 10.2. The van der Waals surface area contributed by atoms with E-state index in [2.05, 4.69) is 24.5 Å². The number of rotatable bonds is 10. The van der Waals surface area contributed by atoms with Crippen LogP contribution in [0.5, 0.6) is 0 Å². The van der Waals surface area contributed by atoms with Gasteiger partial charge in [-0.25, -0.2) is 0 Å². The zero-order chi connectivity index (χ0) is 13.1. The molecule has 0 saturated carbocycles. The van der Waals surface area contributed by atoms with E-state index in [0.717, 1.165) is 39.0 Å². The molecule has 0 saturated heterocycles. The Morgan fingerprint density at radius 1 is 1.24 bits per heavy atom. The van der Waals surface area contributed by atoms with Crippen LogP contribution in [0.25, 0.3) is 0 Å². The van der Waals surface area contributed by atoms with Gasteiger partial charge in [-0.1, -0.05) is 13.8 Å². The zero-order valence-corrected chi connectivity index (χ0v) is 11.7. The van der Waals surface area contributed by atoms with Crippen molar-refractivity contribution in [3.8, 4) is 0 Å². The summed E-state index contributed by atoms with van der Waals surface area (Å²) in [6.07, 6.45) is 2.96. The van der Waals surface area contributed by atoms with E-state index in [1.54, 1.807) is 0 Å². The predicted octanol–water partition coefficient (Wildman–Crippen LogP) is 1.70. The quantitative estimate of drug-likeness (QED) is 0.575. The van der Waals surface area contributed by atoms with Crippen molar-refractivity contribution >= 4 is 5.91 Å². The lowest BCUT2D eigenvalue weighted by Crippen LogP contribution is -2.45. The Balaban J connectivity index is 3.50. The molecule has 0 bridgehead atoms. The average Bonchev–Trinajstić information content (AvgIpc) is 2.32. The van der Waals surface area contributed by atoms with Crippen molar-refractivity contribution < 1.29 is 9.53 Å². The molecule has 4 nitrogen and oxygen atoms in total. The maximum atomic E-state index is 11.7. The van der Waals surface area contributed by atoms with Crippen LogP contribution in [-0.4, -0.2) is 37.7 Å². The first kappa shape index (κ1) is 16.4. The third-order valence-corrected chi connectivity index (χ3v) is 2.66. The standard InChI is InChI=1S/C13H28N2O2/c1-5-9-17-10-7-8-14-12(4)13(16)15-11(3)6-2/h11-12,14H,5-10H2,1-4H3,(H,15,16). The van der Waals surface area contributed by atoms with Crippen LogP contribution in [-0.2, 0) is 9.53 Å². The fraction of sp³-hybridized carbons (Fsp3) is 0.923. The van der Waals surface area contributed by atoms with Gasteiger partial charge in [-0.2, -0.15) is 0 Å². The number of ether oxygens (including phenoxy) is 1. The minimum absolute atomic E-state index is 0.0776. The Bertz CT molecular complexity index is 198. The number of hydrogen-bond donors (Lipinski definition) is 2. The van der Waals surface area contributed by atoms with Crippen molar-refractivity contribution in [2.75, 3.05) is 19.8 Å². The Morgan fingerprint density at radius 2 is 1.94 bits per heavy atom. The molecular weight excluding hydrogens is 216 g/mol. The van der Waals surface area contributed by atoms with E-state index in [4.69, 9.17) is 4.74 Å². The van der Waals surface area contributed by atoms with Gasteiger partial charge >= 0.3 is 0 Å². The van der Waals surface area contributed by atoms with Gasteiger partial charge in [0.2, 0.25) is 5.91 Å². The molecule has 4 heteroatoms. The summed E-state index contributed by atoms with van der Waals surface area (Å²) in [4.78, 5) is 11.7. The third-order valence-electron chi connectivity index (χ3n) is 2.66. The summed E-state index contributed by atoms with van der Waals surface area (Å²) < 4.78 is 5.37. The van der Waals surface area contributed by atoms with Gasteiger partial charge in [-0.3, -0.25) is 4.79 Å². The molecule has 17 heavy (non-hydrogen) atoms. The molecule has 102 valence electrons. The van der Waals surface area contributed by atoms with E-state index in [-0.39, 0.29) is 18.0 Å². The van der Waals surface area contributed by atoms with Crippen LogP contribution in [0.2, 0.25) is 0 Å². The average molecular weight is 244 g/mol. The summed E-state index contributed by atoms with van der Waals surface area (Å²) in [5.41, 5.74) is 0. The van der Waals surface area contributed by atoms with Gasteiger partial charge in [-0.15, -0.1) is 0 Å². The molecular formula is C13H28N2O2. The summed E-state index contributed by atoms with van der Waals surface area (Å²) in [7, 11) is 0. The Labute approximate surface area is 105 Å². The van der Waals surface area contributed by atoms with Crippen LogP contribution in [0.4, 0.5) is 0 Å². The van der Waals surface area contributed by atoms with Crippen LogP contribution < -0.4 is 10.6 Å². The molecule has 0 heterocycles. The monoisotopic (exact) mass is 244 g/mol. The lowest BCUT2D eigenvalue weighted by atomic mass is 10.2. The minimum Gasteiger partial charge on any atom is -0.381 e. The highest BCUT2D eigenvalue weighted by Crippen LogP contribution is 1.91. The van der Waals surface area contributed by atoms with Gasteiger partial charge in [-0.05, 0) is 39.7 Å². The summed E-state index contributed by atoms with van der Waals surface area (Å²) in [5, 5.41) is 6.15. The van der Waals surface area contributed by atoms with E-state index >= 15 is 0 Å². The molecule has 2 atom stereocenters. The molecule has 0 aliphatic carbocycles. The first-order valence-corrected chi connectivity index (χ1v) is 6.73. The van der Waals surface area contributed by atoms with Gasteiger partial charge in [0.25, 0.3) is 0 Å². The van der Waals surface area contributed by atoms with Crippen LogP contribution >= 0.6 is 0 Å². The highest BCUT2D eigenvalue weighted by Gasteiger charge is 2.12. The molecule has 0 aromatic rings. The second-order valence-corrected chi connectivity index (χ2v) is 4.46. The summed E-state index contributed by atoms with van der Waals surface area (Å²) in [6, 6.07) is 0.120. The molecule has 2 unspecified atom stereocenters. The van der Waals surface area contributed by atoms with E-state index < -0.39 is 0 Å². The van der Waals surface area contributed by atoms with Crippen molar-refractivity contribution in [3.63, 3.8) is 0 Å². The maximum Gasteiger partial charge on any atom is 0.237 e. The van der Waals surface area contributed by atoms with Gasteiger partial charge in [0, 0.05) is 19.3 Å². The maximum absolute atomic E-state index is 11.7. The number of carbonyl (C=O) groups excluding carboxylic acids is 1. The predicted molar refractivity (Wildman–Crippen MR) is 71.1 cm³/mol. The number of hydrogen-bond acceptors (Lipinski definition) is 3. The van der Waals surface area contributed by atoms with Crippen LogP contribution in [0.15, 0.2) is 0 Å². The van der Waals surface area contributed by atoms with Crippen molar-refractivity contribution in [2.24, 2.45) is 0 Å². The number of amides is 1. The van der Waals surface area contributed by atoms with Crippen molar-refractivity contribution in [3.05, 3.63) is 0 Å². The molecule has 0 spiro atoms. The fourth-order valence-electron chi connectivity index (χ4n) is 1.30. The van der Waals surface area contributed by atoms with Crippen molar-refractivity contribution in [1.29, 1.82) is 0 Å². The summed E-state index contributed by atoms with van der Waals surface area (Å²) in [6.45, 7) is 10.5. The first-order chi connectivity index (χ1) is 8.11. The molecule has 0 fully saturated rings. The molecule has 0 aliphatic rings. The number of nitrogens with one attached hydrogen (secondary N) is 2. The summed E-state index contributed by atoms with van der Waals surface area (Å²) in [5.74, 6) is 0.0776. The number of carbonyl (C=O) groups is 1. The fourth-order valence-corrected chi connectivity index (χ4v) is 1.30. The normalized spacial score (nSPS) is 14.4. The highest BCUT2D eigenvalue weighted by atomic mass is 16.5. The Hall–Kier alpha value is -0.610. The summed E-state index contributed by atoms with van der Waals surface area (Å²) >= 11 is 0. The molecule has 2 N–H and O–H groups in total. The first-order valence-electron chi connectivity index (χ1n) is 6.73. The molecule has 0 aromatic carbocycles. The topological polar surface area (TPSA) is 50.4 Å². The van der Waals surface area contributed by atoms with E-state index in [1.807, 2.05) is 13.8 Å². The van der Waals surface area contributed by atoms with Gasteiger partial charge in [0.1, 0.15) is 0 Å². The molecule has 1 amide bonds. The second-order valence-electron chi connectivity index (χ2n) is 4.46. The third kappa shape index (κ3) is 9.12. The largest absolute Gasteiger partial charge is 0.381 e. The molecule has 0 aliphatic heterocycles. The lowest BCUT2D eigenvalue weighted by molar-refractivity contribution is -0.123. The van der Waals surface area contributed by atoms with Crippen molar-refractivity contribution in [2.45, 2.75) is 59.0 Å². The van der Waals surface area contributed by atoms with Gasteiger partial charge in [0.05, 0.1) is 6.04 Å². The van der Waals surface area contributed by atoms with Crippen LogP contribution in [0.3, 0.4) is 0 Å². The zero-order valence-electron chi connectivity index (χ0n) is 11.7. The van der Waals surface area contributed by atoms with E-state index in [0.29, 0.717) is 0 Å². The van der Waals surface area contributed by atoms with Gasteiger partial charge < -0.3 is 15.4 Å². The van der Waals surface area contributed by atoms with Crippen LogP contribution in [0, 0.1) is 0 Å². The molecule has 0 rings (SSSR count). The SMILES string of the molecule is CCCOCCCNC(C)C(=O)NC(C)CC. The van der Waals surface area contributed by atoms with E-state index in [9.17, 15) is 4.79 Å². The lowest BCUT2D eigenvalue weighted by Gasteiger charge is -2.17. The highest BCUT2D eigenvalue weighted by molar-refractivity contribution is 5.81. The van der Waals surface area contributed by atoms with Crippen molar-refractivity contribution in [1.82, 2.24) is 10.6 Å². The molecule has 0 radical (unpaired) electrons. The van der Waals surface area contributed by atoms with Crippen LogP contribution in [0.1, 0.15) is 47.0 Å². The Morgan fingerprint density at radius 3 is 2.53 bits per heavy atom. The second kappa shape index (κ2) is 10.5.